The van der Waals surface area contributed by atoms with Gasteiger partial charge in [0.05, 0.1) is 0 Å². The number of hydrogen-bond acceptors (Lipinski definition) is 3. The van der Waals surface area contributed by atoms with Crippen LogP contribution < -0.4 is 0 Å². The van der Waals surface area contributed by atoms with Gasteiger partial charge in [0.15, 0.2) is 0 Å². The van der Waals surface area contributed by atoms with Gasteiger partial charge in [-0.15, -0.1) is 0 Å². The van der Waals surface area contributed by atoms with Crippen LogP contribution in [-0.2, 0) is 20.7 Å². The molecule has 1 aromatic rings. The van der Waals surface area contributed by atoms with E-state index in [4.69, 9.17) is 4.74 Å². The Hall–Kier alpha value is -1.78. The molecule has 0 spiro atoms. The predicted molar refractivity (Wildman–Crippen MR) is 72.6 cm³/mol. The van der Waals surface area contributed by atoms with Crippen molar-refractivity contribution < 1.29 is 23.1 Å². The number of benzene rings is 1. The second-order valence-corrected chi connectivity index (χ2v) is 5.79. The zero-order valence-corrected chi connectivity index (χ0v) is 12.1. The van der Waals surface area contributed by atoms with Crippen LogP contribution in [0.4, 0.5) is 8.78 Å². The van der Waals surface area contributed by atoms with Crippen LogP contribution in [0.1, 0.15) is 38.7 Å². The van der Waals surface area contributed by atoms with E-state index in [0.29, 0.717) is 0 Å². The summed E-state index contributed by atoms with van der Waals surface area (Å²) >= 11 is 0. The van der Waals surface area contributed by atoms with Gasteiger partial charge in [0.1, 0.15) is 29.4 Å². The molecule has 3 nitrogen and oxygen atoms in total. The first kappa shape index (κ1) is 15.6. The SMILES string of the molecule is CC(C)C1(CCc2c(F)cccc2F)CC(=O)CC(=O)O1. The Morgan fingerprint density at radius 3 is 2.38 bits per heavy atom. The Labute approximate surface area is 122 Å². The fourth-order valence-corrected chi connectivity index (χ4v) is 2.71. The average Bonchev–Trinajstić information content (AvgIpc) is 2.36. The van der Waals surface area contributed by atoms with Gasteiger partial charge in [-0.05, 0) is 30.9 Å². The van der Waals surface area contributed by atoms with E-state index in [1.807, 2.05) is 13.8 Å². The lowest BCUT2D eigenvalue weighted by molar-refractivity contribution is -0.177. The quantitative estimate of drug-likeness (QED) is 0.633. The second-order valence-electron chi connectivity index (χ2n) is 5.79. The number of ether oxygens (including phenoxy) is 1. The molecule has 0 aliphatic carbocycles. The maximum Gasteiger partial charge on any atom is 0.313 e. The molecule has 0 saturated carbocycles. The highest BCUT2D eigenvalue weighted by Crippen LogP contribution is 2.36. The first-order valence-electron chi connectivity index (χ1n) is 7.00. The number of cyclic esters (lactones) is 1. The molecule has 1 aromatic carbocycles. The summed E-state index contributed by atoms with van der Waals surface area (Å²) in [4.78, 5) is 23.2. The predicted octanol–water partition coefficient (Wildman–Crippen LogP) is 3.20. The van der Waals surface area contributed by atoms with Crippen LogP contribution in [0.3, 0.4) is 0 Å². The molecule has 1 aliphatic rings. The number of ketones is 1. The van der Waals surface area contributed by atoms with Gasteiger partial charge in [-0.1, -0.05) is 19.9 Å². The van der Waals surface area contributed by atoms with Crippen molar-refractivity contribution in [1.82, 2.24) is 0 Å². The number of carbonyl (C=O) groups excluding carboxylic acids is 2. The molecule has 0 N–H and O–H groups in total. The molecule has 0 amide bonds. The van der Waals surface area contributed by atoms with Crippen LogP contribution >= 0.6 is 0 Å². The second kappa shape index (κ2) is 5.92. The molecule has 21 heavy (non-hydrogen) atoms. The monoisotopic (exact) mass is 296 g/mol. The largest absolute Gasteiger partial charge is 0.458 e. The van der Waals surface area contributed by atoms with Gasteiger partial charge in [0.2, 0.25) is 0 Å². The van der Waals surface area contributed by atoms with Crippen molar-refractivity contribution in [3.05, 3.63) is 35.4 Å². The van der Waals surface area contributed by atoms with E-state index >= 15 is 0 Å². The molecule has 5 heteroatoms. The van der Waals surface area contributed by atoms with Crippen molar-refractivity contribution >= 4 is 11.8 Å². The van der Waals surface area contributed by atoms with Crippen molar-refractivity contribution in [3.8, 4) is 0 Å². The summed E-state index contributed by atoms with van der Waals surface area (Å²) in [6.07, 6.45) is 0.187. The first-order valence-corrected chi connectivity index (χ1v) is 7.00. The normalized spacial score (nSPS) is 22.5. The van der Waals surface area contributed by atoms with Crippen molar-refractivity contribution in [1.29, 1.82) is 0 Å². The summed E-state index contributed by atoms with van der Waals surface area (Å²) in [6.45, 7) is 3.67. The van der Waals surface area contributed by atoms with Gasteiger partial charge in [-0.2, -0.15) is 0 Å². The summed E-state index contributed by atoms with van der Waals surface area (Å²) in [6, 6.07) is 3.69. The van der Waals surface area contributed by atoms with E-state index in [9.17, 15) is 18.4 Å². The number of halogens is 2. The summed E-state index contributed by atoms with van der Waals surface area (Å²) in [5.41, 5.74) is -1.01. The highest BCUT2D eigenvalue weighted by atomic mass is 19.1. The van der Waals surface area contributed by atoms with Crippen LogP contribution in [0, 0.1) is 17.6 Å². The molecule has 1 fully saturated rings. The smallest absolute Gasteiger partial charge is 0.313 e. The fourth-order valence-electron chi connectivity index (χ4n) is 2.71. The maximum atomic E-state index is 13.7. The van der Waals surface area contributed by atoms with E-state index in [1.54, 1.807) is 0 Å². The average molecular weight is 296 g/mol. The lowest BCUT2D eigenvalue weighted by Crippen LogP contribution is -2.47. The standard InChI is InChI=1S/C16H18F2O3/c1-10(2)16(9-11(19)8-15(20)21-16)7-6-12-13(17)4-3-5-14(12)18/h3-5,10H,6-9H2,1-2H3. The minimum atomic E-state index is -0.971. The number of esters is 1. The van der Waals surface area contributed by atoms with E-state index in [0.717, 1.165) is 0 Å². The molecule has 1 unspecified atom stereocenters. The Morgan fingerprint density at radius 1 is 1.24 bits per heavy atom. The molecule has 0 radical (unpaired) electrons. The molecular formula is C16H18F2O3. The molecule has 1 aliphatic heterocycles. The topological polar surface area (TPSA) is 43.4 Å². The lowest BCUT2D eigenvalue weighted by atomic mass is 9.78. The summed E-state index contributed by atoms with van der Waals surface area (Å²) in [5.74, 6) is -2.10. The molecule has 1 saturated heterocycles. The van der Waals surface area contributed by atoms with Gasteiger partial charge in [-0.3, -0.25) is 9.59 Å². The number of rotatable bonds is 4. The third-order valence-corrected chi connectivity index (χ3v) is 4.07. The lowest BCUT2D eigenvalue weighted by Gasteiger charge is -2.39. The molecule has 1 atom stereocenters. The van der Waals surface area contributed by atoms with E-state index < -0.39 is 23.2 Å². The fraction of sp³-hybridized carbons (Fsp3) is 0.500. The third-order valence-electron chi connectivity index (χ3n) is 4.07. The number of hydrogen-bond donors (Lipinski definition) is 0. The van der Waals surface area contributed by atoms with Crippen LogP contribution in [-0.4, -0.2) is 17.4 Å². The molecule has 1 heterocycles. The van der Waals surface area contributed by atoms with Crippen LogP contribution in [0.5, 0.6) is 0 Å². The highest BCUT2D eigenvalue weighted by Gasteiger charge is 2.43. The first-order chi connectivity index (χ1) is 9.84. The minimum Gasteiger partial charge on any atom is -0.458 e. The zero-order valence-electron chi connectivity index (χ0n) is 12.1. The molecule has 114 valence electrons. The van der Waals surface area contributed by atoms with Crippen LogP contribution in [0.2, 0.25) is 0 Å². The Morgan fingerprint density at radius 2 is 1.86 bits per heavy atom. The van der Waals surface area contributed by atoms with Gasteiger partial charge in [-0.25, -0.2) is 8.78 Å². The summed E-state index contributed by atoms with van der Waals surface area (Å²) in [7, 11) is 0. The molecular weight excluding hydrogens is 278 g/mol. The van der Waals surface area contributed by atoms with Crippen molar-refractivity contribution in [2.45, 2.75) is 45.1 Å². The van der Waals surface area contributed by atoms with Crippen LogP contribution in [0.25, 0.3) is 0 Å². The molecule has 0 aromatic heterocycles. The summed E-state index contributed by atoms with van der Waals surface area (Å²) < 4.78 is 32.7. The Kier molecular flexibility index (Phi) is 4.40. The molecule has 0 bridgehead atoms. The maximum absolute atomic E-state index is 13.7. The molecule has 2 rings (SSSR count). The van der Waals surface area contributed by atoms with Gasteiger partial charge < -0.3 is 4.74 Å². The zero-order chi connectivity index (χ0) is 15.6. The third kappa shape index (κ3) is 3.28. The van der Waals surface area contributed by atoms with Crippen molar-refractivity contribution in [3.63, 3.8) is 0 Å². The van der Waals surface area contributed by atoms with Gasteiger partial charge in [0.25, 0.3) is 0 Å². The van der Waals surface area contributed by atoms with Gasteiger partial charge >= 0.3 is 5.97 Å². The van der Waals surface area contributed by atoms with E-state index in [-0.39, 0.29) is 42.9 Å². The number of Topliss-reactive ketones (excluding diaryl/α,β-unsaturated/α-hetero) is 1. The van der Waals surface area contributed by atoms with Crippen molar-refractivity contribution in [2.24, 2.45) is 5.92 Å². The Bertz CT molecular complexity index is 530. The number of carbonyl (C=O) groups is 2. The van der Waals surface area contributed by atoms with Gasteiger partial charge in [0, 0.05) is 12.0 Å². The summed E-state index contributed by atoms with van der Waals surface area (Å²) in [5, 5.41) is 0. The van der Waals surface area contributed by atoms with E-state index in [2.05, 4.69) is 0 Å². The Balaban J connectivity index is 2.21. The van der Waals surface area contributed by atoms with E-state index in [1.165, 1.54) is 18.2 Å². The van der Waals surface area contributed by atoms with Crippen LogP contribution in [0.15, 0.2) is 18.2 Å². The minimum absolute atomic E-state index is 0.0356. The van der Waals surface area contributed by atoms with Crippen molar-refractivity contribution in [2.75, 3.05) is 0 Å². The highest BCUT2D eigenvalue weighted by molar-refractivity contribution is 5.98.